The molecule has 1 fully saturated rings. The maximum absolute atomic E-state index is 14.4. The van der Waals surface area contributed by atoms with Gasteiger partial charge in [-0.25, -0.2) is 4.39 Å². The lowest BCUT2D eigenvalue weighted by atomic mass is 10.1. The zero-order valence-electron chi connectivity index (χ0n) is 21.8. The Labute approximate surface area is 216 Å². The third-order valence-corrected chi connectivity index (χ3v) is 5.99. The Morgan fingerprint density at radius 1 is 1.24 bits per heavy atom. The predicted octanol–water partition coefficient (Wildman–Crippen LogP) is 3.65. The highest BCUT2D eigenvalue weighted by molar-refractivity contribution is 5.99. The van der Waals surface area contributed by atoms with Crippen LogP contribution in [0.4, 0.5) is 22.0 Å². The fourth-order valence-electron chi connectivity index (χ4n) is 4.07. The molecule has 1 aliphatic heterocycles. The van der Waals surface area contributed by atoms with Crippen molar-refractivity contribution in [1.29, 1.82) is 0 Å². The molecule has 1 aliphatic rings. The van der Waals surface area contributed by atoms with Crippen molar-refractivity contribution in [3.05, 3.63) is 53.5 Å². The van der Waals surface area contributed by atoms with Gasteiger partial charge in [-0.1, -0.05) is 19.9 Å². The number of likely N-dealkylation sites (N-methyl/N-ethyl adjacent to an activating group) is 1. The zero-order valence-corrected chi connectivity index (χ0v) is 21.8. The lowest BCUT2D eigenvalue weighted by Gasteiger charge is -2.23. The third-order valence-electron chi connectivity index (χ3n) is 5.99. The standard InChI is InChI=1S/C26H35FN8O2/c1-17(2)22-16-29-35-24(22)32-25(31-20-7-10-37-11-8-20)33-26(35)28-15-18-12-19(27)14-21(13-18)30-23(36)6-5-9-34(3)4/h5-6,12-14,16-17,20H,7-11,15H2,1-4H3,(H,30,36)(H2,28,31,32,33). The number of aromatic nitrogens is 4. The summed E-state index contributed by atoms with van der Waals surface area (Å²) >= 11 is 0. The molecule has 10 nitrogen and oxygen atoms in total. The highest BCUT2D eigenvalue weighted by atomic mass is 19.1. The second kappa shape index (κ2) is 12.1. The van der Waals surface area contributed by atoms with Crippen molar-refractivity contribution in [2.24, 2.45) is 0 Å². The van der Waals surface area contributed by atoms with Gasteiger partial charge in [0.1, 0.15) is 5.82 Å². The third kappa shape index (κ3) is 7.23. The van der Waals surface area contributed by atoms with Gasteiger partial charge in [0.2, 0.25) is 17.8 Å². The van der Waals surface area contributed by atoms with Crippen molar-refractivity contribution in [2.45, 2.75) is 45.2 Å². The fraction of sp³-hybridized carbons (Fsp3) is 0.462. The van der Waals surface area contributed by atoms with Crippen LogP contribution in [0.15, 0.2) is 36.5 Å². The van der Waals surface area contributed by atoms with Crippen molar-refractivity contribution >= 4 is 29.1 Å². The Kier molecular flexibility index (Phi) is 8.67. The van der Waals surface area contributed by atoms with E-state index >= 15 is 0 Å². The van der Waals surface area contributed by atoms with E-state index in [4.69, 9.17) is 9.72 Å². The van der Waals surface area contributed by atoms with Crippen molar-refractivity contribution < 1.29 is 13.9 Å². The van der Waals surface area contributed by atoms with Gasteiger partial charge in [0.25, 0.3) is 0 Å². The summed E-state index contributed by atoms with van der Waals surface area (Å²) in [7, 11) is 3.83. The van der Waals surface area contributed by atoms with E-state index in [2.05, 4.69) is 39.9 Å². The Morgan fingerprint density at radius 3 is 2.76 bits per heavy atom. The first kappa shape index (κ1) is 26.5. The molecule has 0 spiro atoms. The minimum atomic E-state index is -0.442. The molecule has 1 aromatic carbocycles. The van der Waals surface area contributed by atoms with Crippen LogP contribution in [0, 0.1) is 5.82 Å². The SMILES string of the molecule is CC(C)c1cnn2c(NCc3cc(F)cc(NC(=O)C=CCN(C)C)c3)nc(NC3CCOCC3)nc12. The van der Waals surface area contributed by atoms with Crippen LogP contribution in [-0.4, -0.2) is 70.3 Å². The number of rotatable bonds is 10. The molecule has 11 heteroatoms. The summed E-state index contributed by atoms with van der Waals surface area (Å²) in [6, 6.07) is 4.68. The van der Waals surface area contributed by atoms with Gasteiger partial charge in [-0.15, -0.1) is 0 Å². The van der Waals surface area contributed by atoms with Crippen LogP contribution in [-0.2, 0) is 16.1 Å². The predicted molar refractivity (Wildman–Crippen MR) is 142 cm³/mol. The maximum atomic E-state index is 14.4. The topological polar surface area (TPSA) is 109 Å². The van der Waals surface area contributed by atoms with Crippen molar-refractivity contribution in [3.8, 4) is 0 Å². The average molecular weight is 511 g/mol. The van der Waals surface area contributed by atoms with Crippen LogP contribution in [0.25, 0.3) is 5.65 Å². The Balaban J connectivity index is 1.53. The largest absolute Gasteiger partial charge is 0.381 e. The Bertz CT molecular complexity index is 1250. The van der Waals surface area contributed by atoms with Gasteiger partial charge in [0, 0.05) is 49.7 Å². The second-order valence-corrected chi connectivity index (χ2v) is 9.75. The number of fused-ring (bicyclic) bond motifs is 1. The van der Waals surface area contributed by atoms with Gasteiger partial charge in [-0.3, -0.25) is 4.79 Å². The lowest BCUT2D eigenvalue weighted by Crippen LogP contribution is -2.29. The summed E-state index contributed by atoms with van der Waals surface area (Å²) in [5.41, 5.74) is 2.76. The molecule has 0 radical (unpaired) electrons. The molecule has 198 valence electrons. The zero-order chi connectivity index (χ0) is 26.4. The number of nitrogens with zero attached hydrogens (tertiary/aromatic N) is 5. The molecule has 3 N–H and O–H groups in total. The molecule has 0 saturated carbocycles. The summed E-state index contributed by atoms with van der Waals surface area (Å²) in [5.74, 6) is 0.486. The molecule has 37 heavy (non-hydrogen) atoms. The average Bonchev–Trinajstić information content (AvgIpc) is 3.27. The molecule has 0 atom stereocenters. The Morgan fingerprint density at radius 2 is 2.03 bits per heavy atom. The molecule has 0 unspecified atom stereocenters. The maximum Gasteiger partial charge on any atom is 0.248 e. The number of benzene rings is 1. The smallest absolute Gasteiger partial charge is 0.248 e. The van der Waals surface area contributed by atoms with Crippen LogP contribution in [0.5, 0.6) is 0 Å². The van der Waals surface area contributed by atoms with Gasteiger partial charge < -0.3 is 25.6 Å². The number of carbonyl (C=O) groups excluding carboxylic acids is 1. The normalized spacial score (nSPS) is 14.7. The first-order valence-electron chi connectivity index (χ1n) is 12.5. The van der Waals surface area contributed by atoms with E-state index in [1.165, 1.54) is 18.2 Å². The molecule has 0 bridgehead atoms. The molecule has 0 aliphatic carbocycles. The van der Waals surface area contributed by atoms with Crippen LogP contribution < -0.4 is 16.0 Å². The van der Waals surface area contributed by atoms with E-state index in [9.17, 15) is 9.18 Å². The summed E-state index contributed by atoms with van der Waals surface area (Å²) in [4.78, 5) is 23.6. The quantitative estimate of drug-likeness (QED) is 0.355. The van der Waals surface area contributed by atoms with Crippen LogP contribution >= 0.6 is 0 Å². The molecule has 3 heterocycles. The Hall–Kier alpha value is -3.57. The molecule has 3 aromatic rings. The number of ether oxygens (including phenoxy) is 1. The van der Waals surface area contributed by atoms with E-state index in [0.29, 0.717) is 42.9 Å². The highest BCUT2D eigenvalue weighted by Gasteiger charge is 2.19. The van der Waals surface area contributed by atoms with E-state index in [-0.39, 0.29) is 24.4 Å². The number of nitrogens with one attached hydrogen (secondary N) is 3. The summed E-state index contributed by atoms with van der Waals surface area (Å²) < 4.78 is 21.5. The molecular formula is C26H35FN8O2. The van der Waals surface area contributed by atoms with Crippen LogP contribution in [0.3, 0.4) is 0 Å². The molecular weight excluding hydrogens is 475 g/mol. The fourth-order valence-corrected chi connectivity index (χ4v) is 4.07. The number of carbonyl (C=O) groups is 1. The van der Waals surface area contributed by atoms with E-state index in [0.717, 1.165) is 24.1 Å². The van der Waals surface area contributed by atoms with Crippen molar-refractivity contribution in [1.82, 2.24) is 24.5 Å². The lowest BCUT2D eigenvalue weighted by molar-refractivity contribution is -0.111. The molecule has 4 rings (SSSR count). The van der Waals surface area contributed by atoms with Gasteiger partial charge in [0.15, 0.2) is 5.65 Å². The first-order chi connectivity index (χ1) is 17.8. The number of halogens is 1. The van der Waals surface area contributed by atoms with Crippen molar-refractivity contribution in [3.63, 3.8) is 0 Å². The van der Waals surface area contributed by atoms with Gasteiger partial charge in [-0.05, 0) is 56.6 Å². The van der Waals surface area contributed by atoms with Gasteiger partial charge >= 0.3 is 0 Å². The molecule has 2 aromatic heterocycles. The number of hydrogen-bond acceptors (Lipinski definition) is 8. The second-order valence-electron chi connectivity index (χ2n) is 9.75. The van der Waals surface area contributed by atoms with Gasteiger partial charge in [0.05, 0.1) is 6.20 Å². The van der Waals surface area contributed by atoms with E-state index in [1.807, 2.05) is 19.0 Å². The minimum Gasteiger partial charge on any atom is -0.381 e. The van der Waals surface area contributed by atoms with Crippen molar-refractivity contribution in [2.75, 3.05) is 49.8 Å². The first-order valence-corrected chi connectivity index (χ1v) is 12.5. The summed E-state index contributed by atoms with van der Waals surface area (Å²) in [5, 5.41) is 13.9. The highest BCUT2D eigenvalue weighted by Crippen LogP contribution is 2.24. The van der Waals surface area contributed by atoms with Crippen LogP contribution in [0.1, 0.15) is 43.7 Å². The monoisotopic (exact) mass is 510 g/mol. The number of amides is 1. The molecule has 1 amide bonds. The molecule has 1 saturated heterocycles. The summed E-state index contributed by atoms with van der Waals surface area (Å²) in [6.07, 6.45) is 6.76. The number of hydrogen-bond donors (Lipinski definition) is 3. The van der Waals surface area contributed by atoms with E-state index in [1.54, 1.807) is 22.9 Å². The summed E-state index contributed by atoms with van der Waals surface area (Å²) in [6.45, 7) is 6.51. The van der Waals surface area contributed by atoms with E-state index < -0.39 is 5.82 Å². The minimum absolute atomic E-state index is 0.232. The van der Waals surface area contributed by atoms with Gasteiger partial charge in [-0.2, -0.15) is 19.6 Å². The van der Waals surface area contributed by atoms with Crippen LogP contribution in [0.2, 0.25) is 0 Å². The number of anilines is 3.